The van der Waals surface area contributed by atoms with E-state index in [9.17, 15) is 9.59 Å². The van der Waals surface area contributed by atoms with Gasteiger partial charge in [0.1, 0.15) is 0 Å². The molecule has 106 valence electrons. The Bertz CT molecular complexity index is 492. The Morgan fingerprint density at radius 2 is 1.70 bits per heavy atom. The smallest absolute Gasteiger partial charge is 0.233 e. The zero-order chi connectivity index (χ0) is 14.1. The number of hydrogen-bond donors (Lipinski definition) is 1. The highest BCUT2D eigenvalue weighted by Crippen LogP contribution is 2.39. The molecule has 1 saturated carbocycles. The van der Waals surface area contributed by atoms with Crippen molar-refractivity contribution in [3.63, 3.8) is 0 Å². The lowest BCUT2D eigenvalue weighted by molar-refractivity contribution is -0.140. The van der Waals surface area contributed by atoms with Crippen LogP contribution in [0.5, 0.6) is 0 Å². The molecule has 20 heavy (non-hydrogen) atoms. The number of nitrogens with zero attached hydrogens (tertiary/aromatic N) is 1. The molecule has 1 aliphatic heterocycles. The van der Waals surface area contributed by atoms with E-state index >= 15 is 0 Å². The first-order valence-corrected chi connectivity index (χ1v) is 7.34. The van der Waals surface area contributed by atoms with Crippen LogP contribution in [-0.2, 0) is 9.59 Å². The van der Waals surface area contributed by atoms with Gasteiger partial charge in [0.2, 0.25) is 11.8 Å². The topological polar surface area (TPSA) is 63.4 Å². The van der Waals surface area contributed by atoms with Gasteiger partial charge in [0.05, 0.1) is 11.8 Å². The summed E-state index contributed by atoms with van der Waals surface area (Å²) in [6, 6.07) is 9.68. The van der Waals surface area contributed by atoms with E-state index in [1.807, 2.05) is 30.3 Å². The highest BCUT2D eigenvalue weighted by molar-refractivity contribution is 6.05. The zero-order valence-electron chi connectivity index (χ0n) is 11.5. The minimum absolute atomic E-state index is 0.0257. The fraction of sp³-hybridized carbons (Fsp3) is 0.500. The predicted octanol–water partition coefficient (Wildman–Crippen LogP) is 1.86. The summed E-state index contributed by atoms with van der Waals surface area (Å²) >= 11 is 0. The molecular formula is C16H20N2O2. The minimum Gasteiger partial charge on any atom is -0.324 e. The molecule has 3 rings (SSSR count). The fourth-order valence-electron chi connectivity index (χ4n) is 3.42. The van der Waals surface area contributed by atoms with Gasteiger partial charge in [-0.1, -0.05) is 36.8 Å². The maximum Gasteiger partial charge on any atom is 0.233 e. The molecule has 2 fully saturated rings. The number of amides is 2. The normalized spacial score (nSPS) is 26.9. The van der Waals surface area contributed by atoms with E-state index in [0.29, 0.717) is 13.0 Å². The van der Waals surface area contributed by atoms with Gasteiger partial charge >= 0.3 is 0 Å². The van der Waals surface area contributed by atoms with Gasteiger partial charge < -0.3 is 5.73 Å². The standard InChI is InChI=1S/C16H20N2O2/c17-14(11-5-2-1-3-6-11)9-10-18-15(19)12-7-4-8-13(12)16(18)20/h1-3,5-6,12-14H,4,7-10,17H2. The number of nitrogens with two attached hydrogens (primary N) is 1. The molecule has 3 atom stereocenters. The number of benzene rings is 1. The van der Waals surface area contributed by atoms with Crippen LogP contribution in [0.4, 0.5) is 0 Å². The summed E-state index contributed by atoms with van der Waals surface area (Å²) in [4.78, 5) is 25.9. The van der Waals surface area contributed by atoms with E-state index in [1.54, 1.807) is 0 Å². The van der Waals surface area contributed by atoms with Crippen LogP contribution in [0, 0.1) is 11.8 Å². The molecule has 0 radical (unpaired) electrons. The Hall–Kier alpha value is -1.68. The number of hydrogen-bond acceptors (Lipinski definition) is 3. The van der Waals surface area contributed by atoms with Gasteiger partial charge in [0.25, 0.3) is 0 Å². The van der Waals surface area contributed by atoms with Crippen LogP contribution in [0.25, 0.3) is 0 Å². The van der Waals surface area contributed by atoms with Gasteiger partial charge in [-0.25, -0.2) is 0 Å². The van der Waals surface area contributed by atoms with Crippen molar-refractivity contribution in [2.24, 2.45) is 17.6 Å². The van der Waals surface area contributed by atoms with Crippen LogP contribution >= 0.6 is 0 Å². The number of carbonyl (C=O) groups is 2. The first-order chi connectivity index (χ1) is 9.68. The highest BCUT2D eigenvalue weighted by atomic mass is 16.2. The summed E-state index contributed by atoms with van der Waals surface area (Å²) in [7, 11) is 0. The highest BCUT2D eigenvalue weighted by Gasteiger charge is 2.49. The van der Waals surface area contributed by atoms with E-state index in [1.165, 1.54) is 4.90 Å². The van der Waals surface area contributed by atoms with E-state index < -0.39 is 0 Å². The molecule has 4 nitrogen and oxygen atoms in total. The SMILES string of the molecule is NC(CCN1C(=O)C2CCCC2C1=O)c1ccccc1. The molecule has 0 bridgehead atoms. The van der Waals surface area contributed by atoms with Crippen molar-refractivity contribution in [1.82, 2.24) is 4.90 Å². The summed E-state index contributed by atoms with van der Waals surface area (Å²) in [5.41, 5.74) is 7.18. The number of likely N-dealkylation sites (tertiary alicyclic amines) is 1. The lowest BCUT2D eigenvalue weighted by Gasteiger charge is -2.19. The molecule has 0 aromatic heterocycles. The lowest BCUT2D eigenvalue weighted by Crippen LogP contribution is -2.34. The van der Waals surface area contributed by atoms with Gasteiger partial charge in [0.15, 0.2) is 0 Å². The number of fused-ring (bicyclic) bond motifs is 1. The van der Waals surface area contributed by atoms with E-state index in [4.69, 9.17) is 5.73 Å². The van der Waals surface area contributed by atoms with Gasteiger partial charge in [-0.3, -0.25) is 14.5 Å². The van der Waals surface area contributed by atoms with Crippen molar-refractivity contribution >= 4 is 11.8 Å². The van der Waals surface area contributed by atoms with E-state index in [2.05, 4.69) is 0 Å². The van der Waals surface area contributed by atoms with Crippen LogP contribution in [0.3, 0.4) is 0 Å². The first kappa shape index (κ1) is 13.3. The molecule has 1 heterocycles. The number of imide groups is 1. The van der Waals surface area contributed by atoms with Crippen LogP contribution in [0.15, 0.2) is 30.3 Å². The monoisotopic (exact) mass is 272 g/mol. The molecule has 1 saturated heterocycles. The summed E-state index contributed by atoms with van der Waals surface area (Å²) in [5, 5.41) is 0. The van der Waals surface area contributed by atoms with Gasteiger partial charge in [-0.15, -0.1) is 0 Å². The second-order valence-electron chi connectivity index (χ2n) is 5.78. The minimum atomic E-state index is -0.128. The van der Waals surface area contributed by atoms with Gasteiger partial charge in [0, 0.05) is 12.6 Å². The first-order valence-electron chi connectivity index (χ1n) is 7.34. The quantitative estimate of drug-likeness (QED) is 0.851. The Balaban J connectivity index is 1.62. The van der Waals surface area contributed by atoms with Crippen molar-refractivity contribution in [2.75, 3.05) is 6.54 Å². The van der Waals surface area contributed by atoms with Crippen molar-refractivity contribution in [2.45, 2.75) is 31.7 Å². The molecule has 3 unspecified atom stereocenters. The molecular weight excluding hydrogens is 252 g/mol. The molecule has 1 aliphatic carbocycles. The fourth-order valence-corrected chi connectivity index (χ4v) is 3.42. The molecule has 1 aromatic rings. The van der Waals surface area contributed by atoms with Crippen LogP contribution < -0.4 is 5.73 Å². The molecule has 0 spiro atoms. The van der Waals surface area contributed by atoms with Crippen molar-refractivity contribution in [3.8, 4) is 0 Å². The second kappa shape index (κ2) is 5.37. The lowest BCUT2D eigenvalue weighted by atomic mass is 10.00. The molecule has 4 heteroatoms. The van der Waals surface area contributed by atoms with Crippen LogP contribution in [-0.4, -0.2) is 23.3 Å². The van der Waals surface area contributed by atoms with Gasteiger partial charge in [-0.2, -0.15) is 0 Å². The van der Waals surface area contributed by atoms with Crippen molar-refractivity contribution < 1.29 is 9.59 Å². The van der Waals surface area contributed by atoms with Gasteiger partial charge in [-0.05, 0) is 24.8 Å². The Morgan fingerprint density at radius 3 is 2.30 bits per heavy atom. The average molecular weight is 272 g/mol. The summed E-state index contributed by atoms with van der Waals surface area (Å²) in [6.07, 6.45) is 3.37. The summed E-state index contributed by atoms with van der Waals surface area (Å²) in [5.74, 6) is -0.0403. The maximum atomic E-state index is 12.2. The number of carbonyl (C=O) groups excluding carboxylic acids is 2. The average Bonchev–Trinajstić information content (AvgIpc) is 3.03. The Kier molecular flexibility index (Phi) is 3.57. The molecule has 2 N–H and O–H groups in total. The van der Waals surface area contributed by atoms with E-state index in [-0.39, 0.29) is 29.7 Å². The molecule has 2 aliphatic rings. The zero-order valence-corrected chi connectivity index (χ0v) is 11.5. The summed E-state index contributed by atoms with van der Waals surface area (Å²) < 4.78 is 0. The van der Waals surface area contributed by atoms with Crippen molar-refractivity contribution in [3.05, 3.63) is 35.9 Å². The maximum absolute atomic E-state index is 12.2. The largest absolute Gasteiger partial charge is 0.324 e. The number of rotatable bonds is 4. The third kappa shape index (κ3) is 2.24. The third-order valence-electron chi connectivity index (χ3n) is 4.57. The second-order valence-corrected chi connectivity index (χ2v) is 5.78. The Morgan fingerprint density at radius 1 is 1.10 bits per heavy atom. The third-order valence-corrected chi connectivity index (χ3v) is 4.57. The van der Waals surface area contributed by atoms with Crippen molar-refractivity contribution in [1.29, 1.82) is 0 Å². The van der Waals surface area contributed by atoms with E-state index in [0.717, 1.165) is 24.8 Å². The molecule has 1 aromatic carbocycles. The Labute approximate surface area is 118 Å². The van der Waals surface area contributed by atoms with Crippen LogP contribution in [0.1, 0.15) is 37.3 Å². The predicted molar refractivity (Wildman–Crippen MR) is 75.5 cm³/mol. The summed E-state index contributed by atoms with van der Waals surface area (Å²) in [6.45, 7) is 0.445. The molecule has 2 amide bonds. The van der Waals surface area contributed by atoms with Crippen LogP contribution in [0.2, 0.25) is 0 Å².